The molecular weight excluding hydrogens is 286 g/mol. The molecule has 0 spiro atoms. The lowest BCUT2D eigenvalue weighted by Gasteiger charge is -2.36. The van der Waals surface area contributed by atoms with Gasteiger partial charge in [0, 0.05) is 36.9 Å². The molecule has 0 aromatic carbocycles. The van der Waals surface area contributed by atoms with E-state index in [0.29, 0.717) is 23.3 Å². The van der Waals surface area contributed by atoms with Crippen molar-refractivity contribution in [2.45, 2.75) is 12.5 Å². The van der Waals surface area contributed by atoms with Crippen LogP contribution in [0.3, 0.4) is 0 Å². The van der Waals surface area contributed by atoms with Gasteiger partial charge in [-0.3, -0.25) is 9.88 Å². The third-order valence-corrected chi connectivity index (χ3v) is 4.36. The zero-order valence-corrected chi connectivity index (χ0v) is 12.0. The molecule has 0 amide bonds. The van der Waals surface area contributed by atoms with Crippen LogP contribution < -0.4 is 0 Å². The number of rotatable bonds is 4. The molecule has 0 radical (unpaired) electrons. The SMILES string of the molecule is c1csc(CN2CC(c3nc(-c4cnccn4)no3)C2)c1. The highest BCUT2D eigenvalue weighted by Gasteiger charge is 2.32. The number of nitrogens with zero attached hydrogens (tertiary/aromatic N) is 5. The van der Waals surface area contributed by atoms with Crippen LogP contribution in [0, 0.1) is 0 Å². The van der Waals surface area contributed by atoms with Gasteiger partial charge in [-0.2, -0.15) is 4.98 Å². The Kier molecular flexibility index (Phi) is 3.21. The highest BCUT2D eigenvalue weighted by molar-refractivity contribution is 7.09. The van der Waals surface area contributed by atoms with Gasteiger partial charge in [0.1, 0.15) is 5.69 Å². The fraction of sp³-hybridized carbons (Fsp3) is 0.286. The van der Waals surface area contributed by atoms with E-state index in [2.05, 4.69) is 42.5 Å². The first kappa shape index (κ1) is 12.6. The van der Waals surface area contributed by atoms with E-state index in [0.717, 1.165) is 19.6 Å². The van der Waals surface area contributed by atoms with Crippen molar-refractivity contribution in [1.82, 2.24) is 25.0 Å². The van der Waals surface area contributed by atoms with E-state index in [1.807, 2.05) is 0 Å². The molecule has 1 saturated heterocycles. The fourth-order valence-corrected chi connectivity index (χ4v) is 3.14. The van der Waals surface area contributed by atoms with Crippen molar-refractivity contribution in [3.63, 3.8) is 0 Å². The molecule has 4 rings (SSSR count). The highest BCUT2D eigenvalue weighted by atomic mass is 32.1. The quantitative estimate of drug-likeness (QED) is 0.735. The van der Waals surface area contributed by atoms with Crippen molar-refractivity contribution in [3.8, 4) is 11.5 Å². The van der Waals surface area contributed by atoms with E-state index in [1.54, 1.807) is 29.9 Å². The Morgan fingerprint density at radius 1 is 1.33 bits per heavy atom. The predicted octanol–water partition coefficient (Wildman–Crippen LogP) is 2.19. The summed E-state index contributed by atoms with van der Waals surface area (Å²) >= 11 is 1.79. The predicted molar refractivity (Wildman–Crippen MR) is 77.7 cm³/mol. The van der Waals surface area contributed by atoms with Gasteiger partial charge in [0.2, 0.25) is 11.7 Å². The van der Waals surface area contributed by atoms with E-state index in [9.17, 15) is 0 Å². The van der Waals surface area contributed by atoms with Crippen molar-refractivity contribution < 1.29 is 4.52 Å². The Bertz CT molecular complexity index is 706. The Hall–Kier alpha value is -2.12. The molecule has 0 bridgehead atoms. The largest absolute Gasteiger partial charge is 0.339 e. The summed E-state index contributed by atoms with van der Waals surface area (Å²) in [6.45, 7) is 2.92. The Morgan fingerprint density at radius 3 is 3.05 bits per heavy atom. The van der Waals surface area contributed by atoms with E-state index in [4.69, 9.17) is 4.52 Å². The summed E-state index contributed by atoms with van der Waals surface area (Å²) in [5.41, 5.74) is 0.641. The van der Waals surface area contributed by atoms with Crippen molar-refractivity contribution in [2.75, 3.05) is 13.1 Å². The second-order valence-electron chi connectivity index (χ2n) is 5.02. The van der Waals surface area contributed by atoms with Crippen molar-refractivity contribution in [1.29, 1.82) is 0 Å². The molecule has 6 nitrogen and oxygen atoms in total. The van der Waals surface area contributed by atoms with Crippen LogP contribution >= 0.6 is 11.3 Å². The monoisotopic (exact) mass is 299 g/mol. The fourth-order valence-electron chi connectivity index (χ4n) is 2.40. The first-order valence-electron chi connectivity index (χ1n) is 6.73. The minimum absolute atomic E-state index is 0.322. The van der Waals surface area contributed by atoms with Gasteiger partial charge in [-0.1, -0.05) is 11.2 Å². The van der Waals surface area contributed by atoms with E-state index in [1.165, 1.54) is 4.88 Å². The minimum Gasteiger partial charge on any atom is -0.339 e. The number of thiophene rings is 1. The van der Waals surface area contributed by atoms with Crippen LogP contribution in [0.25, 0.3) is 11.5 Å². The van der Waals surface area contributed by atoms with Crippen LogP contribution in [0.15, 0.2) is 40.6 Å². The number of aromatic nitrogens is 4. The van der Waals surface area contributed by atoms with Gasteiger partial charge in [-0.05, 0) is 11.4 Å². The maximum absolute atomic E-state index is 5.35. The van der Waals surface area contributed by atoms with Crippen molar-refractivity contribution >= 4 is 11.3 Å². The lowest BCUT2D eigenvalue weighted by atomic mass is 10.0. The number of hydrogen-bond acceptors (Lipinski definition) is 7. The summed E-state index contributed by atoms with van der Waals surface area (Å²) in [6.07, 6.45) is 4.88. The smallest absolute Gasteiger partial charge is 0.232 e. The Balaban J connectivity index is 1.40. The summed E-state index contributed by atoms with van der Waals surface area (Å²) in [5, 5.41) is 6.09. The van der Waals surface area contributed by atoms with Gasteiger partial charge in [0.15, 0.2) is 0 Å². The van der Waals surface area contributed by atoms with Gasteiger partial charge in [0.05, 0.1) is 12.1 Å². The van der Waals surface area contributed by atoms with Crippen LogP contribution in [-0.4, -0.2) is 38.1 Å². The third-order valence-electron chi connectivity index (χ3n) is 3.50. The molecule has 1 aliphatic heterocycles. The highest BCUT2D eigenvalue weighted by Crippen LogP contribution is 2.29. The maximum Gasteiger partial charge on any atom is 0.232 e. The lowest BCUT2D eigenvalue weighted by Crippen LogP contribution is -2.44. The maximum atomic E-state index is 5.35. The van der Waals surface area contributed by atoms with Gasteiger partial charge in [0.25, 0.3) is 0 Å². The van der Waals surface area contributed by atoms with Crippen LogP contribution in [-0.2, 0) is 6.54 Å². The molecule has 0 N–H and O–H groups in total. The molecule has 0 atom stereocenters. The Morgan fingerprint density at radius 2 is 2.29 bits per heavy atom. The molecule has 106 valence electrons. The van der Waals surface area contributed by atoms with E-state index in [-0.39, 0.29) is 0 Å². The minimum atomic E-state index is 0.322. The molecule has 1 aliphatic rings. The number of likely N-dealkylation sites (tertiary alicyclic amines) is 1. The molecular formula is C14H13N5OS. The normalized spacial score (nSPS) is 16.0. The second-order valence-corrected chi connectivity index (χ2v) is 6.05. The molecule has 1 fully saturated rings. The van der Waals surface area contributed by atoms with E-state index >= 15 is 0 Å². The van der Waals surface area contributed by atoms with E-state index < -0.39 is 0 Å². The van der Waals surface area contributed by atoms with Crippen LogP contribution in [0.5, 0.6) is 0 Å². The molecule has 0 saturated carbocycles. The number of hydrogen-bond donors (Lipinski definition) is 0. The van der Waals surface area contributed by atoms with Crippen LogP contribution in [0.4, 0.5) is 0 Å². The standard InChI is InChI=1S/C14H13N5OS/c1-2-11(21-5-1)9-19-7-10(8-19)14-17-13(18-20-14)12-6-15-3-4-16-12/h1-6,10H,7-9H2. The molecule has 7 heteroatoms. The Labute approximate surface area is 125 Å². The summed E-state index contributed by atoms with van der Waals surface area (Å²) in [6, 6.07) is 4.25. The van der Waals surface area contributed by atoms with Gasteiger partial charge >= 0.3 is 0 Å². The zero-order chi connectivity index (χ0) is 14.1. The molecule has 0 aliphatic carbocycles. The topological polar surface area (TPSA) is 67.9 Å². The van der Waals surface area contributed by atoms with Crippen LogP contribution in [0.2, 0.25) is 0 Å². The lowest BCUT2D eigenvalue weighted by molar-refractivity contribution is 0.118. The summed E-state index contributed by atoms with van der Waals surface area (Å²) < 4.78 is 5.35. The average Bonchev–Trinajstić information content (AvgIpc) is 3.15. The third kappa shape index (κ3) is 2.57. The average molecular weight is 299 g/mol. The summed E-state index contributed by atoms with van der Waals surface area (Å²) in [7, 11) is 0. The molecule has 3 aromatic rings. The summed E-state index contributed by atoms with van der Waals surface area (Å²) in [4.78, 5) is 16.4. The van der Waals surface area contributed by atoms with Gasteiger partial charge in [-0.15, -0.1) is 11.3 Å². The molecule has 3 aromatic heterocycles. The van der Waals surface area contributed by atoms with Crippen LogP contribution in [0.1, 0.15) is 16.7 Å². The van der Waals surface area contributed by atoms with Gasteiger partial charge < -0.3 is 4.52 Å². The zero-order valence-electron chi connectivity index (χ0n) is 11.2. The first-order valence-corrected chi connectivity index (χ1v) is 7.61. The van der Waals surface area contributed by atoms with Crippen molar-refractivity contribution in [2.24, 2.45) is 0 Å². The van der Waals surface area contributed by atoms with Gasteiger partial charge in [-0.25, -0.2) is 4.98 Å². The summed E-state index contributed by atoms with van der Waals surface area (Å²) in [5.74, 6) is 1.52. The second kappa shape index (κ2) is 5.34. The molecule has 0 unspecified atom stereocenters. The molecule has 4 heterocycles. The molecule has 21 heavy (non-hydrogen) atoms. The first-order chi connectivity index (χ1) is 10.4. The van der Waals surface area contributed by atoms with Crippen molar-refractivity contribution in [3.05, 3.63) is 46.9 Å².